The number of aromatic nitrogens is 4. The second kappa shape index (κ2) is 11.6. The summed E-state index contributed by atoms with van der Waals surface area (Å²) in [5.74, 6) is 3.35. The molecular weight excluding hydrogens is 564 g/mol. The van der Waals surface area contributed by atoms with Gasteiger partial charge in [0.2, 0.25) is 0 Å². The van der Waals surface area contributed by atoms with Crippen molar-refractivity contribution in [2.75, 3.05) is 0 Å². The van der Waals surface area contributed by atoms with Gasteiger partial charge in [-0.05, 0) is 108 Å². The molecule has 0 N–H and O–H groups in total. The molecule has 5 heteroatoms. The predicted molar refractivity (Wildman–Crippen MR) is 190 cm³/mol. The van der Waals surface area contributed by atoms with Crippen molar-refractivity contribution in [3.05, 3.63) is 131 Å². The Morgan fingerprint density at radius 1 is 0.717 bits per heavy atom. The van der Waals surface area contributed by atoms with Gasteiger partial charge >= 0.3 is 0 Å². The van der Waals surface area contributed by atoms with Crippen LogP contribution >= 0.6 is 0 Å². The molecule has 0 unspecified atom stereocenters. The molecule has 0 fully saturated rings. The SMILES string of the molecule is Cc1ccnc(-n2c3ccccc3c3ccc(Oc4cccc(-n5cc(-c6c(C)cc(C(C)C)c(C(C)C)c6C)cn5)c4)cc32)c1. The van der Waals surface area contributed by atoms with Crippen LogP contribution in [0.4, 0.5) is 0 Å². The van der Waals surface area contributed by atoms with Crippen LogP contribution in [0.15, 0.2) is 104 Å². The summed E-state index contributed by atoms with van der Waals surface area (Å²) in [6.07, 6.45) is 5.98. The molecule has 0 atom stereocenters. The lowest BCUT2D eigenvalue weighted by Gasteiger charge is -2.23. The lowest BCUT2D eigenvalue weighted by atomic mass is 9.82. The first-order chi connectivity index (χ1) is 22.2. The third-order valence-corrected chi connectivity index (χ3v) is 9.02. The Balaban J connectivity index is 1.24. The van der Waals surface area contributed by atoms with Crippen molar-refractivity contribution in [2.24, 2.45) is 0 Å². The smallest absolute Gasteiger partial charge is 0.137 e. The quantitative estimate of drug-likeness (QED) is 0.182. The van der Waals surface area contributed by atoms with Crippen LogP contribution in [0.2, 0.25) is 0 Å². The first-order valence-corrected chi connectivity index (χ1v) is 16.1. The van der Waals surface area contributed by atoms with E-state index in [9.17, 15) is 0 Å². The van der Waals surface area contributed by atoms with E-state index in [1.807, 2.05) is 47.4 Å². The van der Waals surface area contributed by atoms with Crippen LogP contribution in [-0.4, -0.2) is 19.3 Å². The number of fused-ring (bicyclic) bond motifs is 3. The van der Waals surface area contributed by atoms with E-state index in [0.717, 1.165) is 45.0 Å². The first kappa shape index (κ1) is 29.5. The molecule has 4 aromatic carbocycles. The van der Waals surface area contributed by atoms with Crippen molar-refractivity contribution < 1.29 is 4.74 Å². The number of nitrogens with zero attached hydrogens (tertiary/aromatic N) is 4. The molecule has 3 aromatic heterocycles. The molecule has 0 amide bonds. The summed E-state index contributed by atoms with van der Waals surface area (Å²) < 4.78 is 10.6. The van der Waals surface area contributed by atoms with Gasteiger partial charge in [-0.3, -0.25) is 4.57 Å². The molecule has 0 saturated heterocycles. The van der Waals surface area contributed by atoms with E-state index in [1.54, 1.807) is 0 Å². The summed E-state index contributed by atoms with van der Waals surface area (Å²) in [5.41, 5.74) is 12.2. The number of hydrogen-bond acceptors (Lipinski definition) is 3. The molecule has 0 spiro atoms. The second-order valence-electron chi connectivity index (χ2n) is 13.0. The summed E-state index contributed by atoms with van der Waals surface area (Å²) in [6, 6.07) is 29.4. The molecule has 0 aliphatic heterocycles. The van der Waals surface area contributed by atoms with E-state index in [2.05, 4.69) is 114 Å². The minimum Gasteiger partial charge on any atom is -0.457 e. The zero-order valence-electron chi connectivity index (χ0n) is 27.7. The van der Waals surface area contributed by atoms with Crippen molar-refractivity contribution in [1.29, 1.82) is 0 Å². The number of aryl methyl sites for hydroxylation is 2. The summed E-state index contributed by atoms with van der Waals surface area (Å²) in [7, 11) is 0. The molecule has 7 rings (SSSR count). The predicted octanol–water partition coefficient (Wildman–Crippen LogP) is 11.0. The van der Waals surface area contributed by atoms with Crippen molar-refractivity contribution in [3.63, 3.8) is 0 Å². The van der Waals surface area contributed by atoms with Gasteiger partial charge in [-0.1, -0.05) is 58.0 Å². The lowest BCUT2D eigenvalue weighted by molar-refractivity contribution is 0.483. The Kier molecular flexibility index (Phi) is 7.48. The van der Waals surface area contributed by atoms with Crippen LogP contribution in [0.1, 0.15) is 67.3 Å². The number of hydrogen-bond donors (Lipinski definition) is 0. The van der Waals surface area contributed by atoms with E-state index in [4.69, 9.17) is 14.8 Å². The summed E-state index contributed by atoms with van der Waals surface area (Å²) in [5, 5.41) is 7.15. The maximum absolute atomic E-state index is 6.49. The Bertz CT molecular complexity index is 2230. The maximum atomic E-state index is 6.49. The molecule has 230 valence electrons. The van der Waals surface area contributed by atoms with Gasteiger partial charge in [0.05, 0.1) is 22.9 Å². The van der Waals surface area contributed by atoms with Gasteiger partial charge in [0.15, 0.2) is 0 Å². The Morgan fingerprint density at radius 2 is 1.50 bits per heavy atom. The van der Waals surface area contributed by atoms with Crippen molar-refractivity contribution in [1.82, 2.24) is 19.3 Å². The highest BCUT2D eigenvalue weighted by molar-refractivity contribution is 6.09. The van der Waals surface area contributed by atoms with Crippen molar-refractivity contribution >= 4 is 21.8 Å². The lowest BCUT2D eigenvalue weighted by Crippen LogP contribution is -2.05. The topological polar surface area (TPSA) is 44.9 Å². The third-order valence-electron chi connectivity index (χ3n) is 9.02. The minimum absolute atomic E-state index is 0.453. The Morgan fingerprint density at radius 3 is 2.28 bits per heavy atom. The van der Waals surface area contributed by atoms with E-state index in [0.29, 0.717) is 11.8 Å². The standard InChI is InChI=1S/C41H40N4O/c1-25(2)36-20-28(6)41(29(7)40(36)26(3)4)30-23-43-44(24-30)31-11-10-12-32(21-31)46-33-15-16-35-34-13-8-9-14-37(34)45(38(35)22-33)39-19-27(5)17-18-42-39/h8-26H,1-7H3. The summed E-state index contributed by atoms with van der Waals surface area (Å²) >= 11 is 0. The van der Waals surface area contributed by atoms with Gasteiger partial charge in [-0.15, -0.1) is 0 Å². The molecule has 7 aromatic rings. The second-order valence-corrected chi connectivity index (χ2v) is 13.0. The zero-order chi connectivity index (χ0) is 32.1. The van der Waals surface area contributed by atoms with Gasteiger partial charge in [0.25, 0.3) is 0 Å². The van der Waals surface area contributed by atoms with Gasteiger partial charge in [-0.25, -0.2) is 9.67 Å². The number of pyridine rings is 1. The number of rotatable bonds is 7. The monoisotopic (exact) mass is 604 g/mol. The van der Waals surface area contributed by atoms with Crippen LogP contribution in [-0.2, 0) is 0 Å². The first-order valence-electron chi connectivity index (χ1n) is 16.1. The molecule has 3 heterocycles. The number of benzene rings is 4. The molecule has 0 aliphatic rings. The minimum atomic E-state index is 0.453. The van der Waals surface area contributed by atoms with E-state index in [-0.39, 0.29) is 0 Å². The molecule has 0 aliphatic carbocycles. The fourth-order valence-electron chi connectivity index (χ4n) is 7.04. The zero-order valence-corrected chi connectivity index (χ0v) is 27.7. The van der Waals surface area contributed by atoms with Crippen LogP contribution < -0.4 is 4.74 Å². The third kappa shape index (κ3) is 5.16. The normalized spacial score (nSPS) is 11.8. The van der Waals surface area contributed by atoms with Crippen LogP contribution in [0.25, 0.3) is 44.4 Å². The van der Waals surface area contributed by atoms with E-state index < -0.39 is 0 Å². The maximum Gasteiger partial charge on any atom is 0.137 e. The van der Waals surface area contributed by atoms with Crippen LogP contribution in [0, 0.1) is 20.8 Å². The molecule has 0 bridgehead atoms. The van der Waals surface area contributed by atoms with E-state index >= 15 is 0 Å². The summed E-state index contributed by atoms with van der Waals surface area (Å²) in [6.45, 7) is 15.7. The molecule has 0 radical (unpaired) electrons. The van der Waals surface area contributed by atoms with Crippen LogP contribution in [0.5, 0.6) is 11.5 Å². The van der Waals surface area contributed by atoms with Crippen molar-refractivity contribution in [3.8, 4) is 34.1 Å². The van der Waals surface area contributed by atoms with Crippen LogP contribution in [0.3, 0.4) is 0 Å². The average Bonchev–Trinajstić information content (AvgIpc) is 3.64. The molecule has 5 nitrogen and oxygen atoms in total. The highest BCUT2D eigenvalue weighted by Gasteiger charge is 2.20. The summed E-state index contributed by atoms with van der Waals surface area (Å²) in [4.78, 5) is 4.71. The fourth-order valence-corrected chi connectivity index (χ4v) is 7.04. The average molecular weight is 605 g/mol. The largest absolute Gasteiger partial charge is 0.457 e. The molecular formula is C41H40N4O. The van der Waals surface area contributed by atoms with Gasteiger partial charge in [-0.2, -0.15) is 5.10 Å². The number of para-hydroxylation sites is 1. The van der Waals surface area contributed by atoms with E-state index in [1.165, 1.54) is 38.8 Å². The highest BCUT2D eigenvalue weighted by atomic mass is 16.5. The Hall–Kier alpha value is -5.16. The highest BCUT2D eigenvalue weighted by Crippen LogP contribution is 2.39. The van der Waals surface area contributed by atoms with Crippen molar-refractivity contribution in [2.45, 2.75) is 60.3 Å². The fraction of sp³-hybridized carbons (Fsp3) is 0.220. The number of ether oxygens (including phenoxy) is 1. The Labute approximate surface area is 271 Å². The van der Waals surface area contributed by atoms with Gasteiger partial charge < -0.3 is 4.74 Å². The molecule has 46 heavy (non-hydrogen) atoms. The van der Waals surface area contributed by atoms with Gasteiger partial charge in [0, 0.05) is 40.9 Å². The van der Waals surface area contributed by atoms with Gasteiger partial charge in [0.1, 0.15) is 17.3 Å². The molecule has 0 saturated carbocycles.